The van der Waals surface area contributed by atoms with Gasteiger partial charge in [0, 0.05) is 5.02 Å². The van der Waals surface area contributed by atoms with Gasteiger partial charge >= 0.3 is 0 Å². The molecule has 0 bridgehead atoms. The highest BCUT2D eigenvalue weighted by molar-refractivity contribution is 6.30. The van der Waals surface area contributed by atoms with Crippen molar-refractivity contribution in [2.24, 2.45) is 0 Å². The molecule has 2 aliphatic heterocycles. The molecule has 2 N–H and O–H groups in total. The first-order chi connectivity index (χ1) is 8.61. The van der Waals surface area contributed by atoms with Crippen LogP contribution in [0.15, 0.2) is 24.3 Å². The Morgan fingerprint density at radius 2 is 1.89 bits per heavy atom. The van der Waals surface area contributed by atoms with E-state index in [4.69, 9.17) is 16.3 Å². The van der Waals surface area contributed by atoms with Crippen molar-refractivity contribution in [2.45, 2.75) is 11.6 Å². The van der Waals surface area contributed by atoms with Crippen molar-refractivity contribution in [1.82, 2.24) is 10.6 Å². The molecule has 18 heavy (non-hydrogen) atoms. The molecular formula is C12H11ClN2O3. The smallest absolute Gasteiger partial charge is 0.251 e. The number of hydrogen-bond donors (Lipinski definition) is 2. The fraction of sp³-hybridized carbons (Fsp3) is 0.333. The predicted molar refractivity (Wildman–Crippen MR) is 64.0 cm³/mol. The number of piperazine rings is 1. The first kappa shape index (κ1) is 11.5. The zero-order valence-corrected chi connectivity index (χ0v) is 10.2. The van der Waals surface area contributed by atoms with Gasteiger partial charge in [-0.25, -0.2) is 0 Å². The van der Waals surface area contributed by atoms with Gasteiger partial charge in [0.25, 0.3) is 5.91 Å². The van der Waals surface area contributed by atoms with E-state index in [1.807, 2.05) is 0 Å². The number of rotatable bonds is 1. The molecule has 1 aromatic carbocycles. The van der Waals surface area contributed by atoms with Gasteiger partial charge in [-0.15, -0.1) is 0 Å². The number of halogens is 1. The number of nitrogens with one attached hydrogen (secondary N) is 2. The Morgan fingerprint density at radius 3 is 2.44 bits per heavy atom. The molecule has 2 heterocycles. The SMILES string of the molecule is O=C1NC2(COC2)C(=O)NC1c1ccc(Cl)cc1. The lowest BCUT2D eigenvalue weighted by molar-refractivity contribution is -0.161. The Morgan fingerprint density at radius 1 is 1.22 bits per heavy atom. The molecule has 2 aliphatic rings. The van der Waals surface area contributed by atoms with Crippen LogP contribution in [0.4, 0.5) is 0 Å². The Hall–Kier alpha value is -1.59. The normalized spacial score (nSPS) is 25.3. The number of ether oxygens (including phenoxy) is 1. The van der Waals surface area contributed by atoms with Crippen molar-refractivity contribution in [2.75, 3.05) is 13.2 Å². The second-order valence-electron chi connectivity index (χ2n) is 4.52. The van der Waals surface area contributed by atoms with Gasteiger partial charge in [-0.05, 0) is 17.7 Å². The molecule has 1 unspecified atom stereocenters. The summed E-state index contributed by atoms with van der Waals surface area (Å²) in [6, 6.07) is 6.16. The van der Waals surface area contributed by atoms with E-state index >= 15 is 0 Å². The lowest BCUT2D eigenvalue weighted by Crippen LogP contribution is -2.74. The highest BCUT2D eigenvalue weighted by atomic mass is 35.5. The average Bonchev–Trinajstić information content (AvgIpc) is 2.31. The molecule has 1 aromatic rings. The van der Waals surface area contributed by atoms with Crippen LogP contribution in [0.1, 0.15) is 11.6 Å². The van der Waals surface area contributed by atoms with Gasteiger partial charge in [0.2, 0.25) is 5.91 Å². The van der Waals surface area contributed by atoms with Gasteiger partial charge in [-0.3, -0.25) is 9.59 Å². The third-order valence-electron chi connectivity index (χ3n) is 3.24. The Kier molecular flexibility index (Phi) is 2.53. The lowest BCUT2D eigenvalue weighted by Gasteiger charge is -2.45. The van der Waals surface area contributed by atoms with E-state index in [1.165, 1.54) is 0 Å². The Labute approximate surface area is 108 Å². The van der Waals surface area contributed by atoms with E-state index in [2.05, 4.69) is 10.6 Å². The third-order valence-corrected chi connectivity index (χ3v) is 3.49. The first-order valence-electron chi connectivity index (χ1n) is 5.57. The van der Waals surface area contributed by atoms with E-state index < -0.39 is 11.6 Å². The summed E-state index contributed by atoms with van der Waals surface area (Å²) < 4.78 is 5.00. The van der Waals surface area contributed by atoms with Crippen LogP contribution >= 0.6 is 11.6 Å². The summed E-state index contributed by atoms with van der Waals surface area (Å²) in [4.78, 5) is 24.0. The minimum Gasteiger partial charge on any atom is -0.375 e. The van der Waals surface area contributed by atoms with Crippen molar-refractivity contribution in [1.29, 1.82) is 0 Å². The van der Waals surface area contributed by atoms with E-state index in [9.17, 15) is 9.59 Å². The van der Waals surface area contributed by atoms with Gasteiger partial charge in [0.15, 0.2) is 5.54 Å². The summed E-state index contributed by atoms with van der Waals surface area (Å²) >= 11 is 5.79. The fourth-order valence-corrected chi connectivity index (χ4v) is 2.22. The molecule has 2 saturated heterocycles. The van der Waals surface area contributed by atoms with Crippen LogP contribution < -0.4 is 10.6 Å². The minimum atomic E-state index is -0.861. The van der Waals surface area contributed by atoms with Crippen molar-refractivity contribution >= 4 is 23.4 Å². The summed E-state index contributed by atoms with van der Waals surface area (Å²) in [5, 5.41) is 6.04. The van der Waals surface area contributed by atoms with Crippen molar-refractivity contribution in [3.63, 3.8) is 0 Å². The summed E-state index contributed by atoms with van der Waals surface area (Å²) in [5.41, 5.74) is -0.152. The van der Waals surface area contributed by atoms with Crippen LogP contribution in [0.25, 0.3) is 0 Å². The lowest BCUT2D eigenvalue weighted by atomic mass is 9.90. The third kappa shape index (κ3) is 1.67. The average molecular weight is 267 g/mol. The quantitative estimate of drug-likeness (QED) is 0.773. The maximum atomic E-state index is 12.0. The molecule has 0 saturated carbocycles. The van der Waals surface area contributed by atoms with Gasteiger partial charge in [0.1, 0.15) is 6.04 Å². The van der Waals surface area contributed by atoms with Crippen LogP contribution in [0.2, 0.25) is 5.02 Å². The predicted octanol–water partition coefficient (Wildman–Crippen LogP) is 0.396. The molecule has 2 fully saturated rings. The molecule has 5 nitrogen and oxygen atoms in total. The zero-order valence-electron chi connectivity index (χ0n) is 9.40. The maximum Gasteiger partial charge on any atom is 0.251 e. The van der Waals surface area contributed by atoms with Crippen molar-refractivity contribution in [3.05, 3.63) is 34.9 Å². The second-order valence-corrected chi connectivity index (χ2v) is 4.96. The highest BCUT2D eigenvalue weighted by Gasteiger charge is 2.52. The van der Waals surface area contributed by atoms with Crippen LogP contribution in [0.5, 0.6) is 0 Å². The number of amides is 2. The summed E-state index contributed by atoms with van der Waals surface area (Å²) in [7, 11) is 0. The zero-order chi connectivity index (χ0) is 12.8. The highest BCUT2D eigenvalue weighted by Crippen LogP contribution is 2.26. The molecule has 1 spiro atoms. The Bertz CT molecular complexity index is 511. The standard InChI is InChI=1S/C12H11ClN2O3/c13-8-3-1-7(2-4-8)9-10(16)15-12(5-18-6-12)11(17)14-9/h1-4,9H,5-6H2,(H,14,17)(H,15,16). The minimum absolute atomic E-state index is 0.201. The number of carbonyl (C=O) groups excluding carboxylic acids is 2. The van der Waals surface area contributed by atoms with Crippen LogP contribution in [-0.4, -0.2) is 30.6 Å². The molecule has 0 radical (unpaired) electrons. The van der Waals surface area contributed by atoms with Crippen molar-refractivity contribution < 1.29 is 14.3 Å². The molecule has 0 aromatic heterocycles. The number of carbonyl (C=O) groups is 2. The second kappa shape index (κ2) is 3.96. The molecule has 0 aliphatic carbocycles. The van der Waals surface area contributed by atoms with Gasteiger partial charge in [-0.1, -0.05) is 23.7 Å². The van der Waals surface area contributed by atoms with Gasteiger partial charge < -0.3 is 15.4 Å². The van der Waals surface area contributed by atoms with Crippen LogP contribution in [0, 0.1) is 0 Å². The summed E-state index contributed by atoms with van der Waals surface area (Å²) in [6.45, 7) is 0.468. The van der Waals surface area contributed by atoms with E-state index in [-0.39, 0.29) is 25.0 Å². The first-order valence-corrected chi connectivity index (χ1v) is 5.95. The Balaban J connectivity index is 1.84. The van der Waals surface area contributed by atoms with E-state index in [0.717, 1.165) is 0 Å². The number of benzene rings is 1. The van der Waals surface area contributed by atoms with E-state index in [1.54, 1.807) is 24.3 Å². The molecule has 1 atom stereocenters. The largest absolute Gasteiger partial charge is 0.375 e. The molecule has 3 rings (SSSR count). The van der Waals surface area contributed by atoms with Gasteiger partial charge in [0.05, 0.1) is 13.2 Å². The van der Waals surface area contributed by atoms with Crippen LogP contribution in [0.3, 0.4) is 0 Å². The fourth-order valence-electron chi connectivity index (χ4n) is 2.10. The molecule has 94 valence electrons. The van der Waals surface area contributed by atoms with Gasteiger partial charge in [-0.2, -0.15) is 0 Å². The number of hydrogen-bond acceptors (Lipinski definition) is 3. The summed E-state index contributed by atoms with van der Waals surface area (Å²) in [5.74, 6) is -0.423. The van der Waals surface area contributed by atoms with E-state index in [0.29, 0.717) is 10.6 Å². The molecule has 6 heteroatoms. The maximum absolute atomic E-state index is 12.0. The van der Waals surface area contributed by atoms with Crippen molar-refractivity contribution in [3.8, 4) is 0 Å². The topological polar surface area (TPSA) is 67.4 Å². The summed E-state index contributed by atoms with van der Waals surface area (Å²) in [6.07, 6.45) is 0. The van der Waals surface area contributed by atoms with Crippen LogP contribution in [-0.2, 0) is 14.3 Å². The monoisotopic (exact) mass is 266 g/mol. The molecule has 2 amide bonds. The molecular weight excluding hydrogens is 256 g/mol.